The molecule has 0 spiro atoms. The number of aryl methyl sites for hydroxylation is 2. The van der Waals surface area contributed by atoms with Crippen molar-refractivity contribution in [3.8, 4) is 0 Å². The van der Waals surface area contributed by atoms with Gasteiger partial charge in [-0.1, -0.05) is 200 Å². The maximum atomic E-state index is 12.4. The van der Waals surface area contributed by atoms with Gasteiger partial charge in [0, 0.05) is 68.8 Å². The zero-order valence-electron chi connectivity index (χ0n) is 50.1. The highest BCUT2D eigenvalue weighted by Crippen LogP contribution is 2.47. The van der Waals surface area contributed by atoms with E-state index >= 15 is 0 Å². The number of rotatable bonds is 20. The molecular formula is C73H84BNO12. The van der Waals surface area contributed by atoms with Crippen LogP contribution in [0.1, 0.15) is 97.6 Å². The second kappa shape index (κ2) is 32.4. The number of benzene rings is 6. The number of carbonyl (C=O) groups excluding carboxylic acids is 3. The van der Waals surface area contributed by atoms with Crippen LogP contribution in [-0.2, 0) is 84.3 Å². The summed E-state index contributed by atoms with van der Waals surface area (Å²) in [6, 6.07) is 62.1. The van der Waals surface area contributed by atoms with Gasteiger partial charge in [-0.15, -0.1) is 0 Å². The number of nitrogens with zero attached hydrogens (tertiary/aromatic N) is 1. The van der Waals surface area contributed by atoms with Crippen molar-refractivity contribution >= 4 is 24.8 Å². The van der Waals surface area contributed by atoms with E-state index in [4.69, 9.17) is 38.4 Å². The molecule has 10 atom stereocenters. The smallest absolute Gasteiger partial charge is 0.379 e. The lowest BCUT2D eigenvalue weighted by Crippen LogP contribution is -2.61. The van der Waals surface area contributed by atoms with E-state index in [9.17, 15) is 19.5 Å². The molecule has 7 aliphatic rings. The fourth-order valence-electron chi connectivity index (χ4n) is 13.5. The zero-order valence-corrected chi connectivity index (χ0v) is 50.1. The lowest BCUT2D eigenvalue weighted by molar-refractivity contribution is -0.337. The molecule has 5 saturated heterocycles. The molecule has 2 aliphatic carbocycles. The minimum Gasteiger partial charge on any atom is -0.462 e. The highest BCUT2D eigenvalue weighted by Gasteiger charge is 2.53. The minimum atomic E-state index is -0.548. The molecule has 87 heavy (non-hydrogen) atoms. The average Bonchev–Trinajstić information content (AvgIpc) is 1.86. The summed E-state index contributed by atoms with van der Waals surface area (Å²) in [6.45, 7) is 6.82. The summed E-state index contributed by atoms with van der Waals surface area (Å²) in [6.07, 6.45) is 15.7. The van der Waals surface area contributed by atoms with E-state index in [0.717, 1.165) is 49.5 Å². The Morgan fingerprint density at radius 1 is 0.621 bits per heavy atom. The predicted octanol–water partition coefficient (Wildman–Crippen LogP) is 12.6. The Hall–Kier alpha value is -6.85. The van der Waals surface area contributed by atoms with E-state index in [1.54, 1.807) is 6.08 Å². The van der Waals surface area contributed by atoms with Crippen LogP contribution in [0.3, 0.4) is 0 Å². The molecule has 2 saturated carbocycles. The Labute approximate surface area is 514 Å². The third-order valence-corrected chi connectivity index (χ3v) is 18.0. The van der Waals surface area contributed by atoms with Crippen molar-refractivity contribution in [2.24, 2.45) is 23.7 Å². The number of carbonyl (C=O) groups is 3. The van der Waals surface area contributed by atoms with Gasteiger partial charge in [-0.2, -0.15) is 0 Å². The second-order valence-electron chi connectivity index (χ2n) is 23.8. The SMILES string of the molecule is C1CCOC1.CB1OCC(c2ccccc2)(c2ccccc2)[C@H]2CCCN12.O=C(/C=C/[C@@H]1[C@H]2CC(=O)O[C@H]2C[C@H]1OOCc1ccccc1)CCc1ccccc1.O=C1C[C@@H]2[C@@H](/C=C/[C@@H](O)CCc3ccccc3)[C@H](OOCc3ccccc3)C[C@@H]2O1. The van der Waals surface area contributed by atoms with Gasteiger partial charge in [0.05, 0.1) is 24.4 Å². The average molecular weight is 1180 g/mol. The molecule has 6 aromatic rings. The summed E-state index contributed by atoms with van der Waals surface area (Å²) in [5, 5.41) is 10.4. The quantitative estimate of drug-likeness (QED) is 0.0193. The van der Waals surface area contributed by atoms with Crippen molar-refractivity contribution in [2.75, 3.05) is 26.4 Å². The van der Waals surface area contributed by atoms with Gasteiger partial charge in [0.15, 0.2) is 5.78 Å². The summed E-state index contributed by atoms with van der Waals surface area (Å²) in [5.74, 6) is -0.279. The number of esters is 2. The molecule has 6 aromatic carbocycles. The van der Waals surface area contributed by atoms with Gasteiger partial charge in [-0.05, 0) is 97.8 Å². The van der Waals surface area contributed by atoms with Gasteiger partial charge in [0.2, 0.25) is 0 Å². The molecule has 14 heteroatoms. The molecule has 456 valence electrons. The van der Waals surface area contributed by atoms with Gasteiger partial charge in [-0.3, -0.25) is 14.4 Å². The highest BCUT2D eigenvalue weighted by molar-refractivity contribution is 6.47. The largest absolute Gasteiger partial charge is 0.462 e. The monoisotopic (exact) mass is 1180 g/mol. The van der Waals surface area contributed by atoms with Crippen LogP contribution < -0.4 is 0 Å². The van der Waals surface area contributed by atoms with Crippen LogP contribution in [0.25, 0.3) is 0 Å². The van der Waals surface area contributed by atoms with E-state index in [-0.39, 0.29) is 78.3 Å². The second-order valence-corrected chi connectivity index (χ2v) is 23.8. The molecular weight excluding hydrogens is 1090 g/mol. The standard InChI is InChI=1S/C25H28O5.C25H26O5.C19H22BNO.C4H8O/c2*26-20(12-11-18-7-3-1-4-8-18)13-14-21-22-15-25(27)29-23(22)16-24(21)30-28-17-19-9-5-2-6-10-19;1-20-21-14-8-13-18(21)19(15-22-20,16-9-4-2-5-10-16)17-11-6-3-7-12-17;1-2-4-5-3-1/h1-10,13-14,20-24,26H,11-12,15-17H2;1-10,13-14,21-24H,11-12,15-17H2;2-7,9-12,18H,8,13-15H2,1H3;1-4H2/b2*14-13+;;/t20-,21+,22+,23-,24+;21-,22-,23+,24-;18-;/m011./s1. The highest BCUT2D eigenvalue weighted by atomic mass is 17.2. The first-order chi connectivity index (χ1) is 42.7. The molecule has 5 heterocycles. The molecule has 0 bridgehead atoms. The van der Waals surface area contributed by atoms with E-state index in [1.807, 2.05) is 127 Å². The molecule has 13 rings (SSSR count). The van der Waals surface area contributed by atoms with Crippen LogP contribution >= 0.6 is 0 Å². The van der Waals surface area contributed by atoms with Crippen LogP contribution in [0.5, 0.6) is 0 Å². The van der Waals surface area contributed by atoms with Crippen LogP contribution in [0.2, 0.25) is 6.82 Å². The third kappa shape index (κ3) is 17.5. The fraction of sp³-hybridized carbons (Fsp3) is 0.411. The van der Waals surface area contributed by atoms with Crippen molar-refractivity contribution < 1.29 is 57.9 Å². The van der Waals surface area contributed by atoms with E-state index < -0.39 is 6.10 Å². The fourth-order valence-corrected chi connectivity index (χ4v) is 13.5. The number of hydrogen-bond acceptors (Lipinski definition) is 13. The van der Waals surface area contributed by atoms with Crippen molar-refractivity contribution in [3.05, 3.63) is 240 Å². The molecule has 0 amide bonds. The number of ketones is 1. The maximum absolute atomic E-state index is 12.4. The van der Waals surface area contributed by atoms with Crippen LogP contribution in [0.4, 0.5) is 0 Å². The Morgan fingerprint density at radius 2 is 1.08 bits per heavy atom. The lowest BCUT2D eigenvalue weighted by Gasteiger charge is -2.49. The van der Waals surface area contributed by atoms with Gasteiger partial charge in [0.1, 0.15) is 37.6 Å². The minimum absolute atomic E-state index is 0.0244. The summed E-state index contributed by atoms with van der Waals surface area (Å²) in [4.78, 5) is 60.8. The number of aliphatic hydroxyl groups excluding tert-OH is 1. The molecule has 0 unspecified atom stereocenters. The first-order valence-electron chi connectivity index (χ1n) is 31.4. The van der Waals surface area contributed by atoms with Crippen molar-refractivity contribution in [2.45, 2.75) is 139 Å². The molecule has 0 radical (unpaired) electrons. The molecule has 0 aromatic heterocycles. The van der Waals surface area contributed by atoms with Gasteiger partial charge in [-0.25, -0.2) is 19.6 Å². The number of ether oxygens (including phenoxy) is 3. The topological polar surface area (TPSA) is 149 Å². The zero-order chi connectivity index (χ0) is 60.1. The van der Waals surface area contributed by atoms with Gasteiger partial charge >= 0.3 is 19.0 Å². The summed E-state index contributed by atoms with van der Waals surface area (Å²) in [5.41, 5.74) is 7.11. The number of aliphatic hydroxyl groups is 1. The van der Waals surface area contributed by atoms with Gasteiger partial charge in [0.25, 0.3) is 0 Å². The van der Waals surface area contributed by atoms with Crippen LogP contribution in [0, 0.1) is 23.7 Å². The summed E-state index contributed by atoms with van der Waals surface area (Å²) in [7, 11) is 0.230. The number of hydrogen-bond donors (Lipinski definition) is 1. The van der Waals surface area contributed by atoms with Crippen molar-refractivity contribution in [3.63, 3.8) is 0 Å². The first kappa shape index (κ1) is 63.2. The Bertz CT molecular complexity index is 3030. The van der Waals surface area contributed by atoms with E-state index in [0.29, 0.717) is 64.2 Å². The Morgan fingerprint density at radius 3 is 1.56 bits per heavy atom. The number of allylic oxidation sites excluding steroid dienone is 1. The summed E-state index contributed by atoms with van der Waals surface area (Å²) >= 11 is 0. The first-order valence-corrected chi connectivity index (χ1v) is 31.4. The number of fused-ring (bicyclic) bond motifs is 3. The molecule has 5 aliphatic heterocycles. The van der Waals surface area contributed by atoms with Crippen LogP contribution in [0.15, 0.2) is 206 Å². The van der Waals surface area contributed by atoms with Crippen molar-refractivity contribution in [1.29, 1.82) is 0 Å². The molecule has 7 fully saturated rings. The third-order valence-electron chi connectivity index (χ3n) is 18.0. The van der Waals surface area contributed by atoms with E-state index in [2.05, 4.69) is 84.4 Å². The van der Waals surface area contributed by atoms with E-state index in [1.165, 1.54) is 42.4 Å². The summed E-state index contributed by atoms with van der Waals surface area (Å²) < 4.78 is 22.1. The van der Waals surface area contributed by atoms with Gasteiger partial charge < -0.3 is 28.8 Å². The Balaban J connectivity index is 0.000000140. The lowest BCUT2D eigenvalue weighted by atomic mass is 9.63. The molecule has 13 nitrogen and oxygen atoms in total. The maximum Gasteiger partial charge on any atom is 0.379 e. The normalized spacial score (nSPS) is 25.4. The van der Waals surface area contributed by atoms with Crippen LogP contribution in [-0.4, -0.2) is 97.6 Å². The Kier molecular flexibility index (Phi) is 23.5. The molecule has 1 N–H and O–H groups in total. The predicted molar refractivity (Wildman–Crippen MR) is 334 cm³/mol. The van der Waals surface area contributed by atoms with Crippen molar-refractivity contribution in [1.82, 2.24) is 4.81 Å².